The summed E-state index contributed by atoms with van der Waals surface area (Å²) in [5.41, 5.74) is 7.11. The molecule has 0 aliphatic carbocycles. The van der Waals surface area contributed by atoms with Crippen LogP contribution in [0.2, 0.25) is 0 Å². The number of para-hydroxylation sites is 1. The number of amides is 1. The number of hydrazone groups is 1. The average Bonchev–Trinajstić information content (AvgIpc) is 2.82. The van der Waals surface area contributed by atoms with Crippen molar-refractivity contribution in [2.24, 2.45) is 21.1 Å². The van der Waals surface area contributed by atoms with E-state index < -0.39 is 6.04 Å². The predicted molar refractivity (Wildman–Crippen MR) is 80.3 cm³/mol. The van der Waals surface area contributed by atoms with Crippen LogP contribution in [0.3, 0.4) is 0 Å². The molecule has 0 spiro atoms. The van der Waals surface area contributed by atoms with Crippen molar-refractivity contribution >= 4 is 23.1 Å². The molecule has 0 saturated heterocycles. The minimum atomic E-state index is -0.870. The van der Waals surface area contributed by atoms with Crippen molar-refractivity contribution in [1.29, 1.82) is 0 Å². The van der Waals surface area contributed by atoms with Crippen molar-refractivity contribution in [3.63, 3.8) is 0 Å². The molecule has 0 saturated carbocycles. The Labute approximate surface area is 121 Å². The second kappa shape index (κ2) is 5.54. The smallest absolute Gasteiger partial charge is 0.282 e. The van der Waals surface area contributed by atoms with Gasteiger partial charge in [0.2, 0.25) is 6.04 Å². The fraction of sp³-hybridized carbons (Fsp3) is 0.0667. The molecular formula is C15H13N5O. The Morgan fingerprint density at radius 3 is 2.29 bits per heavy atom. The summed E-state index contributed by atoms with van der Waals surface area (Å²) in [4.78, 5) is 12.3. The van der Waals surface area contributed by atoms with Crippen molar-refractivity contribution in [1.82, 2.24) is 0 Å². The number of nitrogens with zero attached hydrogens (tertiary/aromatic N) is 4. The number of benzene rings is 2. The molecule has 1 aliphatic heterocycles. The lowest BCUT2D eigenvalue weighted by Crippen LogP contribution is -2.33. The van der Waals surface area contributed by atoms with Crippen LogP contribution < -0.4 is 10.7 Å². The van der Waals surface area contributed by atoms with Gasteiger partial charge in [-0.1, -0.05) is 36.4 Å². The highest BCUT2D eigenvalue weighted by molar-refractivity contribution is 6.17. The Morgan fingerprint density at radius 1 is 1.00 bits per heavy atom. The number of anilines is 1. The molecule has 1 aliphatic rings. The van der Waals surface area contributed by atoms with Crippen molar-refractivity contribution in [2.75, 3.05) is 5.01 Å². The van der Waals surface area contributed by atoms with Gasteiger partial charge >= 0.3 is 0 Å². The SMILES string of the molecule is NC1=NN(c2ccccc2)C(=O)C1N=Nc1ccccc1. The summed E-state index contributed by atoms with van der Waals surface area (Å²) in [6.07, 6.45) is 0. The Kier molecular flexibility index (Phi) is 3.42. The number of hydrogen-bond donors (Lipinski definition) is 1. The van der Waals surface area contributed by atoms with Crippen LogP contribution in [-0.4, -0.2) is 17.8 Å². The molecule has 0 bridgehead atoms. The van der Waals surface area contributed by atoms with Crippen molar-refractivity contribution in [3.05, 3.63) is 60.7 Å². The van der Waals surface area contributed by atoms with E-state index in [1.54, 1.807) is 24.3 Å². The molecule has 1 unspecified atom stereocenters. The van der Waals surface area contributed by atoms with Crippen LogP contribution in [0.1, 0.15) is 0 Å². The fourth-order valence-electron chi connectivity index (χ4n) is 1.94. The Balaban J connectivity index is 1.81. The van der Waals surface area contributed by atoms with Crippen LogP contribution in [0.5, 0.6) is 0 Å². The molecule has 3 rings (SSSR count). The van der Waals surface area contributed by atoms with Crippen LogP contribution in [0, 0.1) is 0 Å². The van der Waals surface area contributed by atoms with Crippen molar-refractivity contribution in [2.45, 2.75) is 6.04 Å². The summed E-state index contributed by atoms with van der Waals surface area (Å²) in [7, 11) is 0. The fourth-order valence-corrected chi connectivity index (χ4v) is 1.94. The molecule has 1 amide bonds. The first kappa shape index (κ1) is 13.0. The molecule has 2 aromatic carbocycles. The first-order valence-corrected chi connectivity index (χ1v) is 6.44. The van der Waals surface area contributed by atoms with E-state index in [0.717, 1.165) is 0 Å². The van der Waals surface area contributed by atoms with E-state index in [9.17, 15) is 4.79 Å². The number of azo groups is 1. The Morgan fingerprint density at radius 2 is 1.62 bits per heavy atom. The minimum Gasteiger partial charge on any atom is -0.383 e. The molecule has 0 radical (unpaired) electrons. The maximum Gasteiger partial charge on any atom is 0.282 e. The summed E-state index contributed by atoms with van der Waals surface area (Å²) in [6.45, 7) is 0. The maximum atomic E-state index is 12.3. The molecule has 2 aromatic rings. The van der Waals surface area contributed by atoms with Crippen LogP contribution in [-0.2, 0) is 4.79 Å². The van der Waals surface area contributed by atoms with E-state index in [-0.39, 0.29) is 11.7 Å². The third-order valence-electron chi connectivity index (χ3n) is 2.98. The standard InChI is InChI=1S/C15H13N5O/c16-14-13(18-17-11-7-3-1-4-8-11)15(21)20(19-14)12-9-5-2-6-10-12/h1-10,13H,(H2,16,19). The quantitative estimate of drug-likeness (QED) is 0.875. The summed E-state index contributed by atoms with van der Waals surface area (Å²) < 4.78 is 0. The van der Waals surface area contributed by atoms with Crippen molar-refractivity contribution in [3.8, 4) is 0 Å². The van der Waals surface area contributed by atoms with Gasteiger partial charge < -0.3 is 5.73 Å². The first-order valence-electron chi connectivity index (χ1n) is 6.44. The second-order valence-corrected chi connectivity index (χ2v) is 4.46. The van der Waals surface area contributed by atoms with E-state index in [4.69, 9.17) is 5.73 Å². The Hall–Kier alpha value is -3.02. The van der Waals surface area contributed by atoms with Gasteiger partial charge in [0.05, 0.1) is 11.4 Å². The number of rotatable bonds is 3. The zero-order valence-corrected chi connectivity index (χ0v) is 11.1. The highest BCUT2D eigenvalue weighted by atomic mass is 16.2. The van der Waals surface area contributed by atoms with Gasteiger partial charge in [-0.3, -0.25) is 4.79 Å². The number of carbonyl (C=O) groups is 1. The molecule has 2 N–H and O–H groups in total. The van der Waals surface area contributed by atoms with Gasteiger partial charge in [-0.2, -0.15) is 15.2 Å². The predicted octanol–water partition coefficient (Wildman–Crippen LogP) is 2.46. The highest BCUT2D eigenvalue weighted by Gasteiger charge is 2.35. The molecule has 104 valence electrons. The number of nitrogens with two attached hydrogens (primary N) is 1. The van der Waals surface area contributed by atoms with E-state index >= 15 is 0 Å². The van der Waals surface area contributed by atoms with Crippen molar-refractivity contribution < 1.29 is 4.79 Å². The number of amidine groups is 1. The third-order valence-corrected chi connectivity index (χ3v) is 2.98. The van der Waals surface area contributed by atoms with Gasteiger partial charge in [-0.05, 0) is 24.3 Å². The van der Waals surface area contributed by atoms with Crippen LogP contribution in [0.25, 0.3) is 0 Å². The largest absolute Gasteiger partial charge is 0.383 e. The third kappa shape index (κ3) is 2.64. The summed E-state index contributed by atoms with van der Waals surface area (Å²) >= 11 is 0. The molecule has 6 heteroatoms. The lowest BCUT2D eigenvalue weighted by atomic mass is 10.2. The molecule has 1 atom stereocenters. The number of hydrogen-bond acceptors (Lipinski definition) is 5. The molecular weight excluding hydrogens is 266 g/mol. The van der Waals surface area contributed by atoms with E-state index in [2.05, 4.69) is 15.3 Å². The average molecular weight is 279 g/mol. The molecule has 0 fully saturated rings. The molecule has 1 heterocycles. The Bertz CT molecular complexity index is 697. The van der Waals surface area contributed by atoms with Gasteiger partial charge in [0.25, 0.3) is 5.91 Å². The monoisotopic (exact) mass is 279 g/mol. The minimum absolute atomic E-state index is 0.142. The maximum absolute atomic E-state index is 12.3. The number of carbonyl (C=O) groups excluding carboxylic acids is 1. The lowest BCUT2D eigenvalue weighted by molar-refractivity contribution is -0.117. The summed E-state index contributed by atoms with van der Waals surface area (Å²) in [5.74, 6) is -0.165. The second-order valence-electron chi connectivity index (χ2n) is 4.46. The molecule has 21 heavy (non-hydrogen) atoms. The summed E-state index contributed by atoms with van der Waals surface area (Å²) in [5, 5.41) is 13.4. The van der Waals surface area contributed by atoms with Crippen LogP contribution in [0.15, 0.2) is 76.0 Å². The van der Waals surface area contributed by atoms with Gasteiger partial charge in [-0.25, -0.2) is 0 Å². The van der Waals surface area contributed by atoms with E-state index in [0.29, 0.717) is 11.4 Å². The zero-order valence-electron chi connectivity index (χ0n) is 11.1. The van der Waals surface area contributed by atoms with Gasteiger partial charge in [0.1, 0.15) is 0 Å². The highest BCUT2D eigenvalue weighted by Crippen LogP contribution is 2.21. The van der Waals surface area contributed by atoms with Crippen LogP contribution in [0.4, 0.5) is 11.4 Å². The topological polar surface area (TPSA) is 83.4 Å². The van der Waals surface area contributed by atoms with Gasteiger partial charge in [-0.15, -0.1) is 5.10 Å². The van der Waals surface area contributed by atoms with E-state index in [1.165, 1.54) is 5.01 Å². The van der Waals surface area contributed by atoms with Gasteiger partial charge in [0.15, 0.2) is 5.84 Å². The first-order chi connectivity index (χ1) is 10.3. The molecule has 0 aromatic heterocycles. The van der Waals surface area contributed by atoms with Gasteiger partial charge in [0, 0.05) is 0 Å². The lowest BCUT2D eigenvalue weighted by Gasteiger charge is -2.11. The normalized spacial score (nSPS) is 18.3. The molecule has 6 nitrogen and oxygen atoms in total. The summed E-state index contributed by atoms with van der Waals surface area (Å²) in [6, 6.07) is 17.4. The zero-order chi connectivity index (χ0) is 14.7. The van der Waals surface area contributed by atoms with Crippen LogP contribution >= 0.6 is 0 Å². The van der Waals surface area contributed by atoms with E-state index in [1.807, 2.05) is 36.4 Å².